The van der Waals surface area contributed by atoms with Gasteiger partial charge in [-0.25, -0.2) is 8.96 Å². The lowest BCUT2D eigenvalue weighted by Gasteiger charge is -2.13. The summed E-state index contributed by atoms with van der Waals surface area (Å²) in [6.45, 7) is 4.43. The maximum Gasteiger partial charge on any atom is 0.285 e. The van der Waals surface area contributed by atoms with Gasteiger partial charge in [-0.15, -0.1) is 0 Å². The second-order valence-electron chi connectivity index (χ2n) is 6.50. The van der Waals surface area contributed by atoms with E-state index in [0.717, 1.165) is 22.1 Å². The molecule has 1 aromatic carbocycles. The summed E-state index contributed by atoms with van der Waals surface area (Å²) in [5.41, 5.74) is 3.33. The first-order valence-corrected chi connectivity index (χ1v) is 10.0. The molecule has 27 heavy (non-hydrogen) atoms. The van der Waals surface area contributed by atoms with Crippen molar-refractivity contribution in [3.63, 3.8) is 0 Å². The number of ether oxygens (including phenoxy) is 2. The van der Waals surface area contributed by atoms with Gasteiger partial charge in [-0.3, -0.25) is 0 Å². The molecular formula is C20H20N2O4S. The van der Waals surface area contributed by atoms with Gasteiger partial charge in [0, 0.05) is 28.9 Å². The predicted molar refractivity (Wildman–Crippen MR) is 102 cm³/mol. The van der Waals surface area contributed by atoms with E-state index >= 15 is 0 Å². The van der Waals surface area contributed by atoms with Gasteiger partial charge in [0.1, 0.15) is 11.9 Å². The summed E-state index contributed by atoms with van der Waals surface area (Å²) < 4.78 is 39.1. The number of aryl methyl sites for hydroxylation is 1. The number of methoxy groups -OCH3 is 1. The zero-order valence-electron chi connectivity index (χ0n) is 15.3. The summed E-state index contributed by atoms with van der Waals surface area (Å²) >= 11 is 0. The van der Waals surface area contributed by atoms with Crippen LogP contribution < -0.4 is 4.74 Å². The second-order valence-corrected chi connectivity index (χ2v) is 8.26. The van der Waals surface area contributed by atoms with Crippen LogP contribution in [0.4, 0.5) is 0 Å². The average Bonchev–Trinajstić information content (AvgIpc) is 3.27. The number of pyridine rings is 1. The van der Waals surface area contributed by atoms with Crippen LogP contribution in [-0.2, 0) is 14.8 Å². The first kappa shape index (κ1) is 17.8. The maximum atomic E-state index is 13.2. The van der Waals surface area contributed by atoms with Gasteiger partial charge in [-0.1, -0.05) is 12.1 Å². The average molecular weight is 384 g/mol. The van der Waals surface area contributed by atoms with Crippen LogP contribution in [0, 0.1) is 6.92 Å². The van der Waals surface area contributed by atoms with Crippen LogP contribution in [-0.4, -0.2) is 31.1 Å². The molecular weight excluding hydrogens is 364 g/mol. The van der Waals surface area contributed by atoms with Gasteiger partial charge in [-0.05, 0) is 43.7 Å². The molecule has 0 spiro atoms. The number of aromatic nitrogens is 2. The van der Waals surface area contributed by atoms with Crippen molar-refractivity contribution in [1.82, 2.24) is 8.96 Å². The lowest BCUT2D eigenvalue weighted by atomic mass is 9.99. The highest BCUT2D eigenvalue weighted by Gasteiger charge is 2.29. The van der Waals surface area contributed by atoms with Crippen LogP contribution >= 0.6 is 0 Å². The fourth-order valence-corrected chi connectivity index (χ4v) is 4.86. The van der Waals surface area contributed by atoms with Gasteiger partial charge in [0.25, 0.3) is 10.0 Å². The highest BCUT2D eigenvalue weighted by molar-refractivity contribution is 7.90. The molecule has 2 aromatic heterocycles. The minimum atomic E-state index is -3.84. The van der Waals surface area contributed by atoms with E-state index in [1.54, 1.807) is 37.6 Å². The topological polar surface area (TPSA) is 70.4 Å². The third kappa shape index (κ3) is 2.74. The van der Waals surface area contributed by atoms with Gasteiger partial charge in [0.15, 0.2) is 5.03 Å². The van der Waals surface area contributed by atoms with Crippen LogP contribution in [0.3, 0.4) is 0 Å². The summed E-state index contributed by atoms with van der Waals surface area (Å²) in [7, 11) is -2.23. The molecule has 0 N–H and O–H groups in total. The number of benzene rings is 1. The molecule has 0 bridgehead atoms. The van der Waals surface area contributed by atoms with Gasteiger partial charge < -0.3 is 9.47 Å². The van der Waals surface area contributed by atoms with Crippen molar-refractivity contribution in [1.29, 1.82) is 0 Å². The van der Waals surface area contributed by atoms with E-state index in [9.17, 15) is 8.42 Å². The normalized spacial score (nSPS) is 17.3. The van der Waals surface area contributed by atoms with Crippen LogP contribution in [0.25, 0.3) is 10.9 Å². The SMILES string of the molecule is COc1ccc2c(c(C3OCC=C3C)cn2S(=O)(=O)c2ccccn2)c1C. The number of hydrogen-bond donors (Lipinski definition) is 0. The van der Waals surface area contributed by atoms with E-state index in [-0.39, 0.29) is 11.1 Å². The molecule has 1 aliphatic rings. The molecule has 0 amide bonds. The number of fused-ring (bicyclic) bond motifs is 1. The summed E-state index contributed by atoms with van der Waals surface area (Å²) in [4.78, 5) is 4.04. The fourth-order valence-electron chi connectivity index (χ4n) is 3.56. The van der Waals surface area contributed by atoms with Crippen LogP contribution in [0.5, 0.6) is 5.75 Å². The number of rotatable bonds is 4. The van der Waals surface area contributed by atoms with Crippen molar-refractivity contribution >= 4 is 20.9 Å². The monoisotopic (exact) mass is 384 g/mol. The van der Waals surface area contributed by atoms with Crippen molar-refractivity contribution in [3.8, 4) is 5.75 Å². The Labute approximate surface area is 158 Å². The quantitative estimate of drug-likeness (QED) is 0.643. The van der Waals surface area contributed by atoms with E-state index in [1.165, 1.54) is 16.2 Å². The number of hydrogen-bond acceptors (Lipinski definition) is 5. The minimum absolute atomic E-state index is 0.00141. The van der Waals surface area contributed by atoms with Crippen LogP contribution in [0.2, 0.25) is 0 Å². The smallest absolute Gasteiger partial charge is 0.285 e. The molecule has 0 saturated carbocycles. The lowest BCUT2D eigenvalue weighted by Crippen LogP contribution is -2.13. The van der Waals surface area contributed by atoms with Crippen molar-refractivity contribution in [2.24, 2.45) is 0 Å². The van der Waals surface area contributed by atoms with E-state index in [4.69, 9.17) is 9.47 Å². The first-order valence-electron chi connectivity index (χ1n) is 8.58. The molecule has 140 valence electrons. The Morgan fingerprint density at radius 2 is 2.04 bits per heavy atom. The lowest BCUT2D eigenvalue weighted by molar-refractivity contribution is 0.124. The maximum absolute atomic E-state index is 13.2. The molecule has 6 nitrogen and oxygen atoms in total. The highest BCUT2D eigenvalue weighted by atomic mass is 32.2. The summed E-state index contributed by atoms with van der Waals surface area (Å²) in [6.07, 6.45) is 4.85. The van der Waals surface area contributed by atoms with Crippen LogP contribution in [0.15, 0.2) is 59.4 Å². The Morgan fingerprint density at radius 1 is 1.22 bits per heavy atom. The Balaban J connectivity index is 2.03. The third-order valence-electron chi connectivity index (χ3n) is 4.92. The molecule has 0 aliphatic carbocycles. The largest absolute Gasteiger partial charge is 0.496 e. The van der Waals surface area contributed by atoms with Crippen molar-refractivity contribution < 1.29 is 17.9 Å². The third-order valence-corrected chi connectivity index (χ3v) is 6.51. The minimum Gasteiger partial charge on any atom is -0.496 e. The molecule has 1 atom stereocenters. The summed E-state index contributed by atoms with van der Waals surface area (Å²) in [5.74, 6) is 0.705. The molecule has 4 rings (SSSR count). The molecule has 1 unspecified atom stereocenters. The zero-order chi connectivity index (χ0) is 19.2. The van der Waals surface area contributed by atoms with E-state index in [2.05, 4.69) is 4.98 Å². The molecule has 7 heteroatoms. The summed E-state index contributed by atoms with van der Waals surface area (Å²) in [5, 5.41) is 0.829. The van der Waals surface area contributed by atoms with Crippen LogP contribution in [0.1, 0.15) is 24.2 Å². The van der Waals surface area contributed by atoms with E-state index in [1.807, 2.05) is 19.9 Å². The molecule has 0 fully saturated rings. The Hall–Kier alpha value is -2.64. The second kappa shape index (κ2) is 6.51. The standard InChI is InChI=1S/C20H20N2O4S/c1-13-9-11-26-20(13)15-12-22(27(23,24)18-6-4-5-10-21-18)16-7-8-17(25-3)14(2)19(15)16/h4-10,12,20H,11H2,1-3H3. The van der Waals surface area contributed by atoms with Crippen molar-refractivity contribution in [2.45, 2.75) is 25.0 Å². The van der Waals surface area contributed by atoms with E-state index < -0.39 is 10.0 Å². The first-order chi connectivity index (χ1) is 12.9. The Morgan fingerprint density at radius 3 is 2.67 bits per heavy atom. The fraction of sp³-hybridized carbons (Fsp3) is 0.250. The van der Waals surface area contributed by atoms with Gasteiger partial charge in [0.2, 0.25) is 0 Å². The molecule has 0 saturated heterocycles. The summed E-state index contributed by atoms with van der Waals surface area (Å²) in [6, 6.07) is 8.39. The highest BCUT2D eigenvalue weighted by Crippen LogP contribution is 2.40. The Bertz CT molecular complexity index is 1150. The van der Waals surface area contributed by atoms with Gasteiger partial charge >= 0.3 is 0 Å². The van der Waals surface area contributed by atoms with E-state index in [0.29, 0.717) is 17.9 Å². The van der Waals surface area contributed by atoms with Crippen molar-refractivity contribution in [3.05, 3.63) is 65.5 Å². The van der Waals surface area contributed by atoms with Gasteiger partial charge in [0.05, 0.1) is 19.2 Å². The Kier molecular flexibility index (Phi) is 4.28. The molecule has 3 heterocycles. The number of nitrogens with zero attached hydrogens (tertiary/aromatic N) is 2. The van der Waals surface area contributed by atoms with Crippen molar-refractivity contribution in [2.75, 3.05) is 13.7 Å². The zero-order valence-corrected chi connectivity index (χ0v) is 16.2. The molecule has 3 aromatic rings. The predicted octanol–water partition coefficient (Wildman–Crippen LogP) is 3.61. The van der Waals surface area contributed by atoms with Gasteiger partial charge in [-0.2, -0.15) is 8.42 Å². The molecule has 0 radical (unpaired) electrons. The molecule has 1 aliphatic heterocycles.